The first-order chi connectivity index (χ1) is 8.99. The first kappa shape index (κ1) is 13.6. The van der Waals surface area contributed by atoms with Gasteiger partial charge in [0.05, 0.1) is 5.56 Å². The maximum absolute atomic E-state index is 12.2. The number of aromatic carboxylic acids is 1. The Morgan fingerprint density at radius 2 is 2.00 bits per heavy atom. The van der Waals surface area contributed by atoms with E-state index in [1.165, 1.54) is 25.0 Å². The molecular formula is C15H19NO3. The number of rotatable bonds is 4. The molecule has 0 aliphatic heterocycles. The molecule has 0 bridgehead atoms. The van der Waals surface area contributed by atoms with Gasteiger partial charge in [-0.25, -0.2) is 4.79 Å². The van der Waals surface area contributed by atoms with Crippen LogP contribution in [0, 0.1) is 11.8 Å². The molecule has 4 heteroatoms. The average molecular weight is 261 g/mol. The van der Waals surface area contributed by atoms with Gasteiger partial charge in [-0.05, 0) is 36.5 Å². The number of hydrogen-bond donors (Lipinski definition) is 1. The van der Waals surface area contributed by atoms with Crippen LogP contribution in [-0.2, 0) is 0 Å². The van der Waals surface area contributed by atoms with Crippen molar-refractivity contribution in [2.45, 2.75) is 19.8 Å². The molecule has 1 aromatic rings. The van der Waals surface area contributed by atoms with Crippen LogP contribution in [-0.4, -0.2) is 35.5 Å². The molecule has 2 unspecified atom stereocenters. The first-order valence-electron chi connectivity index (χ1n) is 6.58. The molecular weight excluding hydrogens is 242 g/mol. The van der Waals surface area contributed by atoms with Crippen LogP contribution in [0.1, 0.15) is 40.5 Å². The molecule has 2 rings (SSSR count). The van der Waals surface area contributed by atoms with Crippen molar-refractivity contribution in [2.75, 3.05) is 13.6 Å². The van der Waals surface area contributed by atoms with Crippen molar-refractivity contribution in [2.24, 2.45) is 11.8 Å². The quantitative estimate of drug-likeness (QED) is 0.906. The van der Waals surface area contributed by atoms with Crippen LogP contribution in [0.25, 0.3) is 0 Å². The lowest BCUT2D eigenvalue weighted by Crippen LogP contribution is -2.38. The first-order valence-corrected chi connectivity index (χ1v) is 6.58. The van der Waals surface area contributed by atoms with Crippen LogP contribution in [0.4, 0.5) is 0 Å². The minimum atomic E-state index is -1.01. The standard InChI is InChI=1S/C15H19NO3/c1-10-6-7-13(10)9-16(2)14(17)11-4-3-5-12(8-11)15(18)19/h3-5,8,10,13H,6-7,9H2,1-2H3,(H,18,19). The van der Waals surface area contributed by atoms with Crippen LogP contribution in [0.5, 0.6) is 0 Å². The largest absolute Gasteiger partial charge is 0.478 e. The Kier molecular flexibility index (Phi) is 3.88. The summed E-state index contributed by atoms with van der Waals surface area (Å²) < 4.78 is 0. The third-order valence-electron chi connectivity index (χ3n) is 4.01. The van der Waals surface area contributed by atoms with Crippen LogP contribution in [0.15, 0.2) is 24.3 Å². The van der Waals surface area contributed by atoms with Gasteiger partial charge in [-0.2, -0.15) is 0 Å². The molecule has 0 heterocycles. The number of carboxylic acids is 1. The molecule has 1 saturated carbocycles. The molecule has 19 heavy (non-hydrogen) atoms. The molecule has 4 nitrogen and oxygen atoms in total. The van der Waals surface area contributed by atoms with Gasteiger partial charge in [-0.3, -0.25) is 4.79 Å². The Morgan fingerprint density at radius 1 is 1.32 bits per heavy atom. The summed E-state index contributed by atoms with van der Waals surface area (Å²) in [6.45, 7) is 2.95. The molecule has 1 aliphatic carbocycles. The van der Waals surface area contributed by atoms with Crippen molar-refractivity contribution in [3.8, 4) is 0 Å². The summed E-state index contributed by atoms with van der Waals surface area (Å²) in [5, 5.41) is 8.93. The fraction of sp³-hybridized carbons (Fsp3) is 0.467. The number of carbonyl (C=O) groups excluding carboxylic acids is 1. The highest BCUT2D eigenvalue weighted by molar-refractivity contribution is 5.97. The SMILES string of the molecule is CC1CCC1CN(C)C(=O)c1cccc(C(=O)O)c1. The van der Waals surface area contributed by atoms with Gasteiger partial charge in [0.25, 0.3) is 5.91 Å². The van der Waals surface area contributed by atoms with E-state index >= 15 is 0 Å². The highest BCUT2D eigenvalue weighted by atomic mass is 16.4. The maximum atomic E-state index is 12.2. The summed E-state index contributed by atoms with van der Waals surface area (Å²) in [5.74, 6) is 0.143. The second-order valence-corrected chi connectivity index (χ2v) is 5.39. The smallest absolute Gasteiger partial charge is 0.335 e. The number of nitrogens with zero attached hydrogens (tertiary/aromatic N) is 1. The van der Waals surface area contributed by atoms with E-state index in [-0.39, 0.29) is 11.5 Å². The van der Waals surface area contributed by atoms with Crippen LogP contribution in [0.2, 0.25) is 0 Å². The number of hydrogen-bond acceptors (Lipinski definition) is 2. The summed E-state index contributed by atoms with van der Waals surface area (Å²) in [6.07, 6.45) is 2.41. The van der Waals surface area contributed by atoms with Crippen LogP contribution in [0.3, 0.4) is 0 Å². The van der Waals surface area contributed by atoms with Crippen molar-refractivity contribution in [1.29, 1.82) is 0 Å². The van der Waals surface area contributed by atoms with E-state index < -0.39 is 5.97 Å². The van der Waals surface area contributed by atoms with Crippen LogP contribution >= 0.6 is 0 Å². The lowest BCUT2D eigenvalue weighted by atomic mass is 9.75. The van der Waals surface area contributed by atoms with Gasteiger partial charge in [0.15, 0.2) is 0 Å². The average Bonchev–Trinajstić information content (AvgIpc) is 2.42. The van der Waals surface area contributed by atoms with Crippen molar-refractivity contribution in [3.05, 3.63) is 35.4 Å². The van der Waals surface area contributed by atoms with E-state index in [2.05, 4.69) is 6.92 Å². The minimum absolute atomic E-state index is 0.109. The molecule has 0 radical (unpaired) electrons. The summed E-state index contributed by atoms with van der Waals surface area (Å²) in [7, 11) is 1.78. The molecule has 1 amide bonds. The Balaban J connectivity index is 2.06. The van der Waals surface area contributed by atoms with Crippen molar-refractivity contribution in [1.82, 2.24) is 4.90 Å². The Morgan fingerprint density at radius 3 is 2.53 bits per heavy atom. The molecule has 1 N–H and O–H groups in total. The topological polar surface area (TPSA) is 57.6 Å². The Bertz CT molecular complexity index is 498. The molecule has 1 aliphatic rings. The lowest BCUT2D eigenvalue weighted by molar-refractivity contribution is 0.0692. The summed E-state index contributed by atoms with van der Waals surface area (Å²) in [4.78, 5) is 24.8. The van der Waals surface area contributed by atoms with Gasteiger partial charge < -0.3 is 10.0 Å². The predicted octanol–water partition coefficient (Wildman–Crippen LogP) is 2.50. The molecule has 0 spiro atoms. The second-order valence-electron chi connectivity index (χ2n) is 5.39. The summed E-state index contributed by atoms with van der Waals surface area (Å²) in [5.41, 5.74) is 0.589. The monoisotopic (exact) mass is 261 g/mol. The third kappa shape index (κ3) is 2.95. The Labute approximate surface area is 113 Å². The Hall–Kier alpha value is -1.84. The van der Waals surface area contributed by atoms with E-state index in [1.54, 1.807) is 24.1 Å². The molecule has 1 fully saturated rings. The van der Waals surface area contributed by atoms with Gasteiger partial charge in [0.1, 0.15) is 0 Å². The van der Waals surface area contributed by atoms with Crippen molar-refractivity contribution in [3.63, 3.8) is 0 Å². The normalized spacial score (nSPS) is 21.6. The van der Waals surface area contributed by atoms with Gasteiger partial charge >= 0.3 is 5.97 Å². The van der Waals surface area contributed by atoms with Gasteiger partial charge in [0.2, 0.25) is 0 Å². The minimum Gasteiger partial charge on any atom is -0.478 e. The number of benzene rings is 1. The summed E-state index contributed by atoms with van der Waals surface area (Å²) >= 11 is 0. The van der Waals surface area contributed by atoms with Gasteiger partial charge in [-0.15, -0.1) is 0 Å². The number of carboxylic acid groups (broad SMARTS) is 1. The van der Waals surface area contributed by atoms with E-state index in [0.717, 1.165) is 6.54 Å². The molecule has 102 valence electrons. The van der Waals surface area contributed by atoms with Crippen molar-refractivity contribution >= 4 is 11.9 Å². The molecule has 1 aromatic carbocycles. The van der Waals surface area contributed by atoms with E-state index in [4.69, 9.17) is 5.11 Å². The zero-order valence-corrected chi connectivity index (χ0v) is 11.3. The highest BCUT2D eigenvalue weighted by Crippen LogP contribution is 2.34. The summed E-state index contributed by atoms with van der Waals surface area (Å²) in [6, 6.07) is 6.20. The number of amides is 1. The zero-order valence-electron chi connectivity index (χ0n) is 11.3. The highest BCUT2D eigenvalue weighted by Gasteiger charge is 2.29. The molecule has 2 atom stereocenters. The van der Waals surface area contributed by atoms with E-state index in [9.17, 15) is 9.59 Å². The fourth-order valence-electron chi connectivity index (χ4n) is 2.45. The maximum Gasteiger partial charge on any atom is 0.335 e. The number of carbonyl (C=O) groups is 2. The van der Waals surface area contributed by atoms with E-state index in [0.29, 0.717) is 17.4 Å². The van der Waals surface area contributed by atoms with Crippen LogP contribution < -0.4 is 0 Å². The van der Waals surface area contributed by atoms with Crippen molar-refractivity contribution < 1.29 is 14.7 Å². The molecule has 0 saturated heterocycles. The predicted molar refractivity (Wildman–Crippen MR) is 72.2 cm³/mol. The van der Waals surface area contributed by atoms with E-state index in [1.807, 2.05) is 0 Å². The molecule has 0 aromatic heterocycles. The van der Waals surface area contributed by atoms with Gasteiger partial charge in [0, 0.05) is 19.2 Å². The lowest BCUT2D eigenvalue weighted by Gasteiger charge is -2.36. The second kappa shape index (κ2) is 5.43. The van der Waals surface area contributed by atoms with Gasteiger partial charge in [-0.1, -0.05) is 19.4 Å². The third-order valence-corrected chi connectivity index (χ3v) is 4.01. The fourth-order valence-corrected chi connectivity index (χ4v) is 2.45. The zero-order chi connectivity index (χ0) is 14.0.